The number of hydrogen-bond donors (Lipinski definition) is 1. The Balaban J connectivity index is 1.48. The van der Waals surface area contributed by atoms with Crippen LogP contribution in [0, 0.1) is 0 Å². The van der Waals surface area contributed by atoms with Gasteiger partial charge in [-0.2, -0.15) is 0 Å². The summed E-state index contributed by atoms with van der Waals surface area (Å²) in [6.45, 7) is 4.00. The van der Waals surface area contributed by atoms with Crippen molar-refractivity contribution in [3.8, 4) is 0 Å². The Labute approximate surface area is 154 Å². The number of piperazine rings is 1. The van der Waals surface area contributed by atoms with E-state index in [-0.39, 0.29) is 10.8 Å². The van der Waals surface area contributed by atoms with Crippen molar-refractivity contribution in [3.63, 3.8) is 0 Å². The van der Waals surface area contributed by atoms with E-state index in [1.54, 1.807) is 24.3 Å². The van der Waals surface area contributed by atoms with Gasteiger partial charge < -0.3 is 4.90 Å². The Kier molecular flexibility index (Phi) is 5.70. The van der Waals surface area contributed by atoms with Crippen molar-refractivity contribution in [2.75, 3.05) is 32.7 Å². The van der Waals surface area contributed by atoms with Crippen LogP contribution in [0.4, 0.5) is 0 Å². The van der Waals surface area contributed by atoms with Gasteiger partial charge in [-0.05, 0) is 36.2 Å². The number of rotatable bonds is 5. The number of nitrogens with zero attached hydrogens (tertiary/aromatic N) is 2. The lowest BCUT2D eigenvalue weighted by atomic mass is 10.1. The number of primary sulfonamides is 1. The second-order valence-electron chi connectivity index (χ2n) is 6.44. The molecule has 0 bridgehead atoms. The lowest BCUT2D eigenvalue weighted by molar-refractivity contribution is 0.0638. The number of sulfonamides is 1. The average molecular weight is 373 g/mol. The second kappa shape index (κ2) is 7.99. The highest BCUT2D eigenvalue weighted by Crippen LogP contribution is 2.12. The predicted octanol–water partition coefficient (Wildman–Crippen LogP) is 1.33. The summed E-state index contributed by atoms with van der Waals surface area (Å²) in [5.74, 6) is 0.0869. The smallest absolute Gasteiger partial charge is 0.253 e. The van der Waals surface area contributed by atoms with E-state index in [2.05, 4.69) is 4.90 Å². The van der Waals surface area contributed by atoms with Gasteiger partial charge in [0.15, 0.2) is 0 Å². The van der Waals surface area contributed by atoms with Crippen LogP contribution in [-0.2, 0) is 16.4 Å². The number of carbonyl (C=O) groups is 1. The molecule has 0 radical (unpaired) electrons. The third kappa shape index (κ3) is 4.69. The van der Waals surface area contributed by atoms with E-state index in [9.17, 15) is 13.2 Å². The molecule has 1 aliphatic heterocycles. The van der Waals surface area contributed by atoms with Crippen LogP contribution >= 0.6 is 0 Å². The summed E-state index contributed by atoms with van der Waals surface area (Å²) in [5, 5.41) is 5.11. The lowest BCUT2D eigenvalue weighted by Gasteiger charge is -2.34. The fraction of sp³-hybridized carbons (Fsp3) is 0.316. The van der Waals surface area contributed by atoms with E-state index in [4.69, 9.17) is 5.14 Å². The average Bonchev–Trinajstić information content (AvgIpc) is 2.66. The molecule has 7 heteroatoms. The number of amides is 1. The van der Waals surface area contributed by atoms with Crippen molar-refractivity contribution in [3.05, 3.63) is 65.7 Å². The van der Waals surface area contributed by atoms with Crippen molar-refractivity contribution in [2.45, 2.75) is 11.3 Å². The molecule has 1 amide bonds. The molecule has 2 N–H and O–H groups in total. The van der Waals surface area contributed by atoms with E-state index in [1.807, 2.05) is 35.2 Å². The summed E-state index contributed by atoms with van der Waals surface area (Å²) in [5.41, 5.74) is 1.80. The molecular weight excluding hydrogens is 350 g/mol. The molecule has 0 aromatic heterocycles. The van der Waals surface area contributed by atoms with Gasteiger partial charge in [-0.15, -0.1) is 0 Å². The molecule has 0 aliphatic carbocycles. The monoisotopic (exact) mass is 373 g/mol. The number of benzene rings is 2. The number of hydrogen-bond acceptors (Lipinski definition) is 4. The summed E-state index contributed by atoms with van der Waals surface area (Å²) in [6, 6.07) is 16.0. The van der Waals surface area contributed by atoms with Gasteiger partial charge in [0.1, 0.15) is 0 Å². The van der Waals surface area contributed by atoms with Crippen molar-refractivity contribution < 1.29 is 13.2 Å². The molecule has 0 saturated carbocycles. The highest BCUT2D eigenvalue weighted by molar-refractivity contribution is 7.89. The SMILES string of the molecule is NS(=O)(=O)c1ccc(CCN2CCN(C(=O)c3ccccc3)CC2)cc1. The highest BCUT2D eigenvalue weighted by Gasteiger charge is 2.21. The first-order valence-corrected chi connectivity index (χ1v) is 10.2. The van der Waals surface area contributed by atoms with Gasteiger partial charge in [0.05, 0.1) is 4.90 Å². The van der Waals surface area contributed by atoms with Gasteiger partial charge in [-0.3, -0.25) is 9.69 Å². The maximum atomic E-state index is 12.4. The molecule has 0 spiro atoms. The summed E-state index contributed by atoms with van der Waals surface area (Å²) >= 11 is 0. The van der Waals surface area contributed by atoms with Gasteiger partial charge in [-0.1, -0.05) is 30.3 Å². The van der Waals surface area contributed by atoms with Crippen molar-refractivity contribution >= 4 is 15.9 Å². The van der Waals surface area contributed by atoms with E-state index in [0.717, 1.165) is 50.3 Å². The van der Waals surface area contributed by atoms with Gasteiger partial charge in [0, 0.05) is 38.3 Å². The fourth-order valence-corrected chi connectivity index (χ4v) is 3.59. The van der Waals surface area contributed by atoms with E-state index in [1.165, 1.54) is 0 Å². The van der Waals surface area contributed by atoms with Crippen LogP contribution in [0.1, 0.15) is 15.9 Å². The predicted molar refractivity (Wildman–Crippen MR) is 100 cm³/mol. The Morgan fingerprint density at radius 2 is 1.54 bits per heavy atom. The Bertz CT molecular complexity index is 843. The first kappa shape index (κ1) is 18.6. The van der Waals surface area contributed by atoms with Gasteiger partial charge in [0.25, 0.3) is 5.91 Å². The van der Waals surface area contributed by atoms with Crippen molar-refractivity contribution in [1.29, 1.82) is 0 Å². The van der Waals surface area contributed by atoms with Crippen molar-refractivity contribution in [2.24, 2.45) is 5.14 Å². The lowest BCUT2D eigenvalue weighted by Crippen LogP contribution is -2.49. The van der Waals surface area contributed by atoms with Crippen LogP contribution in [-0.4, -0.2) is 56.8 Å². The third-order valence-corrected chi connectivity index (χ3v) is 5.58. The largest absolute Gasteiger partial charge is 0.336 e. The first-order chi connectivity index (χ1) is 12.4. The molecule has 1 saturated heterocycles. The molecular formula is C19H23N3O3S. The summed E-state index contributed by atoms with van der Waals surface area (Å²) in [7, 11) is -3.64. The molecule has 138 valence electrons. The van der Waals surface area contributed by atoms with Crippen LogP contribution < -0.4 is 5.14 Å². The quantitative estimate of drug-likeness (QED) is 0.857. The highest BCUT2D eigenvalue weighted by atomic mass is 32.2. The molecule has 1 fully saturated rings. The molecule has 1 aliphatic rings. The van der Waals surface area contributed by atoms with E-state index >= 15 is 0 Å². The first-order valence-electron chi connectivity index (χ1n) is 8.62. The summed E-state index contributed by atoms with van der Waals surface area (Å²) in [6.07, 6.45) is 0.831. The molecule has 26 heavy (non-hydrogen) atoms. The van der Waals surface area contributed by atoms with Crippen LogP contribution in [0.2, 0.25) is 0 Å². The van der Waals surface area contributed by atoms with Crippen LogP contribution in [0.3, 0.4) is 0 Å². The molecule has 2 aromatic rings. The third-order valence-electron chi connectivity index (χ3n) is 4.65. The van der Waals surface area contributed by atoms with Gasteiger partial charge in [-0.25, -0.2) is 13.6 Å². The zero-order valence-electron chi connectivity index (χ0n) is 14.5. The molecule has 3 rings (SSSR count). The second-order valence-corrected chi connectivity index (χ2v) is 8.00. The standard InChI is InChI=1S/C19H23N3O3S/c20-26(24,25)18-8-6-16(7-9-18)10-11-21-12-14-22(15-13-21)19(23)17-4-2-1-3-5-17/h1-9H,10-15H2,(H2,20,24,25). The van der Waals surface area contributed by atoms with E-state index < -0.39 is 10.0 Å². The summed E-state index contributed by atoms with van der Waals surface area (Å²) < 4.78 is 22.6. The Hall–Kier alpha value is -2.22. The van der Waals surface area contributed by atoms with E-state index in [0.29, 0.717) is 0 Å². The minimum Gasteiger partial charge on any atom is -0.336 e. The number of nitrogens with two attached hydrogens (primary N) is 1. The molecule has 0 unspecified atom stereocenters. The zero-order chi connectivity index (χ0) is 18.6. The van der Waals surface area contributed by atoms with Crippen LogP contribution in [0.15, 0.2) is 59.5 Å². The topological polar surface area (TPSA) is 83.7 Å². The normalized spacial score (nSPS) is 15.8. The minimum atomic E-state index is -3.64. The van der Waals surface area contributed by atoms with Crippen molar-refractivity contribution in [1.82, 2.24) is 9.80 Å². The summed E-state index contributed by atoms with van der Waals surface area (Å²) in [4.78, 5) is 16.8. The zero-order valence-corrected chi connectivity index (χ0v) is 15.4. The van der Waals surface area contributed by atoms with Crippen LogP contribution in [0.5, 0.6) is 0 Å². The maximum absolute atomic E-state index is 12.4. The van der Waals surface area contributed by atoms with Gasteiger partial charge in [0.2, 0.25) is 10.0 Å². The minimum absolute atomic E-state index is 0.0869. The molecule has 2 aromatic carbocycles. The Morgan fingerprint density at radius 1 is 0.923 bits per heavy atom. The maximum Gasteiger partial charge on any atom is 0.253 e. The molecule has 0 atom stereocenters. The number of carbonyl (C=O) groups excluding carboxylic acids is 1. The molecule has 1 heterocycles. The fourth-order valence-electron chi connectivity index (χ4n) is 3.07. The van der Waals surface area contributed by atoms with Crippen LogP contribution in [0.25, 0.3) is 0 Å². The van der Waals surface area contributed by atoms with Gasteiger partial charge >= 0.3 is 0 Å². The molecule has 6 nitrogen and oxygen atoms in total. The Morgan fingerprint density at radius 3 is 2.12 bits per heavy atom.